The summed E-state index contributed by atoms with van der Waals surface area (Å²) in [6.07, 6.45) is 2.40. The fourth-order valence-corrected chi connectivity index (χ4v) is 8.88. The minimum Gasteiger partial charge on any atom is -0.507 e. The third kappa shape index (κ3) is 6.34. The van der Waals surface area contributed by atoms with Crippen LogP contribution in [0, 0.1) is 0 Å². The Balaban J connectivity index is 1.83. The summed E-state index contributed by atoms with van der Waals surface area (Å²) in [5.41, 5.74) is 0.349. The van der Waals surface area contributed by atoms with Crippen molar-refractivity contribution in [2.75, 3.05) is 32.6 Å². The van der Waals surface area contributed by atoms with E-state index in [2.05, 4.69) is 17.2 Å². The zero-order chi connectivity index (χ0) is 33.6. The van der Waals surface area contributed by atoms with Crippen LogP contribution in [-0.2, 0) is 39.3 Å². The number of phenols is 1. The summed E-state index contributed by atoms with van der Waals surface area (Å²) in [5, 5.41) is 17.4. The van der Waals surface area contributed by atoms with Gasteiger partial charge in [0.05, 0.1) is 14.7 Å². The van der Waals surface area contributed by atoms with E-state index in [-0.39, 0.29) is 72.4 Å². The standard InChI is InChI=1S/C30H35N3O9S3/c1-7-22(30(36)32-14-8-13-31-29(35)17(2)3)33(4)45(41,42)26-15-23(34)18-9-10-19-24(43(5,37)38)16-25(44(6,39)40)20-11-12-21(26)27(18)28(19)20/h9-12,15-16,22,34H,2,7-8,13-14H2,1,3-6H3,(H,31,35)(H,32,36). The maximum atomic E-state index is 14.1. The molecule has 45 heavy (non-hydrogen) atoms. The fraction of sp³-hybridized carbons (Fsp3) is 0.333. The molecule has 0 fully saturated rings. The van der Waals surface area contributed by atoms with Crippen LogP contribution < -0.4 is 10.6 Å². The van der Waals surface area contributed by atoms with Gasteiger partial charge in [0, 0.05) is 76.6 Å². The Morgan fingerprint density at radius 1 is 0.822 bits per heavy atom. The molecular formula is C30H35N3O9S3. The van der Waals surface area contributed by atoms with Crippen molar-refractivity contribution in [3.05, 3.63) is 48.6 Å². The molecule has 0 heterocycles. The normalized spacial score (nSPS) is 13.5. The number of hydrogen-bond donors (Lipinski definition) is 3. The van der Waals surface area contributed by atoms with Crippen molar-refractivity contribution < 1.29 is 39.9 Å². The van der Waals surface area contributed by atoms with E-state index in [9.17, 15) is 39.9 Å². The Morgan fingerprint density at radius 3 is 1.78 bits per heavy atom. The van der Waals surface area contributed by atoms with E-state index >= 15 is 0 Å². The Morgan fingerprint density at radius 2 is 1.29 bits per heavy atom. The highest BCUT2D eigenvalue weighted by atomic mass is 32.2. The lowest BCUT2D eigenvalue weighted by molar-refractivity contribution is -0.124. The number of likely N-dealkylation sites (N-methyl/N-ethyl adjacent to an activating group) is 1. The molecule has 0 aliphatic rings. The van der Waals surface area contributed by atoms with E-state index < -0.39 is 47.4 Å². The lowest BCUT2D eigenvalue weighted by Crippen LogP contribution is -2.47. The molecule has 4 aromatic rings. The monoisotopic (exact) mass is 677 g/mol. The summed E-state index contributed by atoms with van der Waals surface area (Å²) in [7, 11) is -11.1. The molecule has 0 saturated carbocycles. The Kier molecular flexibility index (Phi) is 9.24. The van der Waals surface area contributed by atoms with Gasteiger partial charge in [-0.15, -0.1) is 0 Å². The molecule has 0 aliphatic heterocycles. The summed E-state index contributed by atoms with van der Waals surface area (Å²) in [6.45, 7) is 7.21. The van der Waals surface area contributed by atoms with Crippen molar-refractivity contribution in [1.82, 2.24) is 14.9 Å². The number of aromatic hydroxyl groups is 1. The predicted octanol–water partition coefficient (Wildman–Crippen LogP) is 2.69. The number of carbonyl (C=O) groups excluding carboxylic acids is 2. The highest BCUT2D eigenvalue weighted by Gasteiger charge is 2.34. The second kappa shape index (κ2) is 12.2. The van der Waals surface area contributed by atoms with Crippen LogP contribution in [0.15, 0.2) is 63.2 Å². The quantitative estimate of drug-likeness (QED) is 0.115. The first-order valence-electron chi connectivity index (χ1n) is 13.9. The number of amides is 2. The summed E-state index contributed by atoms with van der Waals surface area (Å²) in [4.78, 5) is 23.9. The maximum absolute atomic E-state index is 14.1. The average Bonchev–Trinajstić information content (AvgIpc) is 2.94. The zero-order valence-electron chi connectivity index (χ0n) is 25.5. The number of phenolic OH excluding ortho intramolecular Hbond substituents is 1. The summed E-state index contributed by atoms with van der Waals surface area (Å²) >= 11 is 0. The lowest BCUT2D eigenvalue weighted by Gasteiger charge is -2.27. The van der Waals surface area contributed by atoms with E-state index in [1.54, 1.807) is 13.8 Å². The van der Waals surface area contributed by atoms with Gasteiger partial charge in [-0.1, -0.05) is 31.7 Å². The molecular weight excluding hydrogens is 643 g/mol. The minimum absolute atomic E-state index is 0.112. The first kappa shape index (κ1) is 34.1. The van der Waals surface area contributed by atoms with Crippen LogP contribution in [-0.4, -0.2) is 85.2 Å². The van der Waals surface area contributed by atoms with Gasteiger partial charge >= 0.3 is 0 Å². The summed E-state index contributed by atoms with van der Waals surface area (Å²) < 4.78 is 80.2. The van der Waals surface area contributed by atoms with Crippen LogP contribution in [0.2, 0.25) is 0 Å². The van der Waals surface area contributed by atoms with Crippen molar-refractivity contribution in [3.8, 4) is 5.75 Å². The van der Waals surface area contributed by atoms with Crippen LogP contribution in [0.25, 0.3) is 32.3 Å². The number of nitrogens with one attached hydrogen (secondary N) is 2. The third-order valence-electron chi connectivity index (χ3n) is 7.67. The minimum atomic E-state index is -4.47. The van der Waals surface area contributed by atoms with E-state index in [1.807, 2.05) is 0 Å². The topological polar surface area (TPSA) is 184 Å². The summed E-state index contributed by atoms with van der Waals surface area (Å²) in [5.74, 6) is -1.30. The van der Waals surface area contributed by atoms with Crippen LogP contribution in [0.4, 0.5) is 0 Å². The van der Waals surface area contributed by atoms with Gasteiger partial charge in [-0.3, -0.25) is 9.59 Å². The molecule has 0 saturated heterocycles. The molecule has 0 spiro atoms. The largest absolute Gasteiger partial charge is 0.507 e. The van der Waals surface area contributed by atoms with E-state index in [0.29, 0.717) is 12.0 Å². The number of carbonyl (C=O) groups is 2. The SMILES string of the molecule is C=C(C)C(=O)NCCCNC(=O)C(CC)N(C)S(=O)(=O)c1cc(O)c2ccc3c(S(C)(=O)=O)cc(S(C)(=O)=O)c4ccc1c2c34. The van der Waals surface area contributed by atoms with Gasteiger partial charge in [-0.25, -0.2) is 25.3 Å². The van der Waals surface area contributed by atoms with Crippen molar-refractivity contribution in [3.63, 3.8) is 0 Å². The molecule has 2 amide bonds. The lowest BCUT2D eigenvalue weighted by atomic mass is 9.94. The highest BCUT2D eigenvalue weighted by Crippen LogP contribution is 2.45. The van der Waals surface area contributed by atoms with Crippen LogP contribution in [0.5, 0.6) is 5.75 Å². The molecule has 12 nitrogen and oxygen atoms in total. The molecule has 4 aromatic carbocycles. The molecule has 0 bridgehead atoms. The highest BCUT2D eigenvalue weighted by molar-refractivity contribution is 7.91. The molecule has 0 radical (unpaired) electrons. The van der Waals surface area contributed by atoms with Crippen LogP contribution >= 0.6 is 0 Å². The number of sulfonamides is 1. The molecule has 15 heteroatoms. The molecule has 0 aliphatic carbocycles. The smallest absolute Gasteiger partial charge is 0.246 e. The number of rotatable bonds is 12. The second-order valence-corrected chi connectivity index (χ2v) is 16.9. The maximum Gasteiger partial charge on any atom is 0.246 e. The van der Waals surface area contributed by atoms with Gasteiger partial charge in [0.25, 0.3) is 0 Å². The number of nitrogens with zero attached hydrogens (tertiary/aromatic N) is 1. The van der Waals surface area contributed by atoms with Gasteiger partial charge in [-0.2, -0.15) is 4.31 Å². The predicted molar refractivity (Wildman–Crippen MR) is 173 cm³/mol. The van der Waals surface area contributed by atoms with Gasteiger partial charge in [-0.05, 0) is 31.9 Å². The number of benzene rings is 4. The molecule has 3 N–H and O–H groups in total. The van der Waals surface area contributed by atoms with Crippen molar-refractivity contribution in [2.45, 2.75) is 47.4 Å². The van der Waals surface area contributed by atoms with Crippen molar-refractivity contribution in [2.24, 2.45) is 0 Å². The first-order valence-corrected chi connectivity index (χ1v) is 19.1. The van der Waals surface area contributed by atoms with Gasteiger partial charge < -0.3 is 15.7 Å². The first-order chi connectivity index (χ1) is 20.8. The van der Waals surface area contributed by atoms with Crippen molar-refractivity contribution >= 4 is 73.8 Å². The summed E-state index contributed by atoms with van der Waals surface area (Å²) in [6, 6.07) is 6.77. The zero-order valence-corrected chi connectivity index (χ0v) is 27.9. The number of sulfone groups is 2. The van der Waals surface area contributed by atoms with E-state index in [0.717, 1.165) is 28.9 Å². The third-order valence-corrected chi connectivity index (χ3v) is 11.9. The van der Waals surface area contributed by atoms with Gasteiger partial charge in [0.1, 0.15) is 11.8 Å². The van der Waals surface area contributed by atoms with Gasteiger partial charge in [0.2, 0.25) is 21.8 Å². The Hall–Kier alpha value is -3.79. The van der Waals surface area contributed by atoms with E-state index in [1.165, 1.54) is 31.3 Å². The molecule has 1 unspecified atom stereocenters. The van der Waals surface area contributed by atoms with Gasteiger partial charge in [0.15, 0.2) is 19.7 Å². The van der Waals surface area contributed by atoms with Crippen molar-refractivity contribution in [1.29, 1.82) is 0 Å². The molecule has 0 aromatic heterocycles. The van der Waals surface area contributed by atoms with E-state index in [4.69, 9.17) is 0 Å². The van der Waals surface area contributed by atoms with Crippen LogP contribution in [0.3, 0.4) is 0 Å². The Labute approximate surface area is 262 Å². The fourth-order valence-electron chi connectivity index (χ4n) is 5.41. The average molecular weight is 678 g/mol. The molecule has 242 valence electrons. The van der Waals surface area contributed by atoms with Crippen LogP contribution in [0.1, 0.15) is 26.7 Å². The number of hydrogen-bond acceptors (Lipinski definition) is 9. The molecule has 4 rings (SSSR count). The second-order valence-electron chi connectivity index (χ2n) is 11.0. The Bertz CT molecular complexity index is 2140. The molecule has 1 atom stereocenters.